The molecule has 14 heavy (non-hydrogen) atoms. The quantitative estimate of drug-likeness (QED) is 0.340. The minimum Gasteiger partial charge on any atom is -0.768 e. The minimum atomic E-state index is -2.21. The molecular weight excluding hydrogens is 235 g/mol. The Hall–Kier alpha value is 0.280. The van der Waals surface area contributed by atoms with Crippen LogP contribution in [-0.2, 0) is 27.0 Å². The Morgan fingerprint density at radius 3 is 2.71 bits per heavy atom. The van der Waals surface area contributed by atoms with Gasteiger partial charge in [0, 0.05) is 4.88 Å². The zero-order valence-electron chi connectivity index (χ0n) is 7.81. The first-order chi connectivity index (χ1) is 6.13. The molecule has 0 bridgehead atoms. The summed E-state index contributed by atoms with van der Waals surface area (Å²) in [5.74, 6) is -0.370. The number of esters is 1. The van der Waals surface area contributed by atoms with Crippen molar-refractivity contribution in [3.63, 3.8) is 0 Å². The molecule has 1 aromatic rings. The predicted octanol–water partition coefficient (Wildman–Crippen LogP) is -2.29. The molecule has 0 amide bonds. The summed E-state index contributed by atoms with van der Waals surface area (Å²) < 4.78 is 25.6. The predicted molar refractivity (Wildman–Crippen MR) is 47.2 cm³/mol. The summed E-state index contributed by atoms with van der Waals surface area (Å²) in [6, 6.07) is 3.07. The van der Waals surface area contributed by atoms with Crippen molar-refractivity contribution in [2.45, 2.75) is 10.6 Å². The zero-order chi connectivity index (χ0) is 9.84. The molecular formula is C7H7NaO4S2. The van der Waals surface area contributed by atoms with Crippen LogP contribution in [0.4, 0.5) is 0 Å². The first kappa shape index (κ1) is 14.3. The molecule has 1 heterocycles. The average Bonchev–Trinajstić information content (AvgIpc) is 2.52. The summed E-state index contributed by atoms with van der Waals surface area (Å²) in [5, 5.41) is 0. The summed E-state index contributed by atoms with van der Waals surface area (Å²) in [7, 11) is 1.29. The molecule has 0 aliphatic rings. The molecule has 0 aliphatic carbocycles. The Balaban J connectivity index is 0.00000169. The van der Waals surface area contributed by atoms with Crippen LogP contribution in [0.15, 0.2) is 16.3 Å². The van der Waals surface area contributed by atoms with Gasteiger partial charge in [0.15, 0.2) is 0 Å². The van der Waals surface area contributed by atoms with Crippen molar-refractivity contribution in [2.24, 2.45) is 0 Å². The largest absolute Gasteiger partial charge is 1.00 e. The standard InChI is InChI=1S/C7H8O4S2.Na/c1-11-6(8)4-5-2-3-7(12-5)13(9)10;/h2-3H,4H2,1H3,(H,9,10);/q;+1/p-1. The van der Waals surface area contributed by atoms with Crippen LogP contribution in [-0.4, -0.2) is 21.8 Å². The van der Waals surface area contributed by atoms with Gasteiger partial charge < -0.3 is 9.29 Å². The molecule has 0 saturated carbocycles. The molecule has 0 aromatic carbocycles. The van der Waals surface area contributed by atoms with Crippen LogP contribution >= 0.6 is 11.3 Å². The van der Waals surface area contributed by atoms with Gasteiger partial charge in [-0.1, -0.05) is 0 Å². The fraction of sp³-hybridized carbons (Fsp3) is 0.286. The smallest absolute Gasteiger partial charge is 0.768 e. The number of carbonyl (C=O) groups is 1. The van der Waals surface area contributed by atoms with E-state index in [4.69, 9.17) is 0 Å². The molecule has 0 saturated heterocycles. The Morgan fingerprint density at radius 1 is 1.64 bits per heavy atom. The molecule has 0 fully saturated rings. The summed E-state index contributed by atoms with van der Waals surface area (Å²) in [5.41, 5.74) is 0. The van der Waals surface area contributed by atoms with E-state index in [1.54, 1.807) is 6.07 Å². The number of carbonyl (C=O) groups excluding carboxylic acids is 1. The van der Waals surface area contributed by atoms with Gasteiger partial charge >= 0.3 is 35.5 Å². The second-order valence-corrected chi connectivity index (χ2v) is 4.54. The molecule has 0 N–H and O–H groups in total. The maximum atomic E-state index is 10.8. The molecule has 72 valence electrons. The molecule has 0 aliphatic heterocycles. The minimum absolute atomic E-state index is 0. The van der Waals surface area contributed by atoms with Crippen molar-refractivity contribution in [1.82, 2.24) is 0 Å². The Bertz CT molecular complexity index is 336. The molecule has 7 heteroatoms. The normalized spacial score (nSPS) is 11.6. The van der Waals surface area contributed by atoms with Crippen molar-refractivity contribution >= 4 is 28.4 Å². The van der Waals surface area contributed by atoms with E-state index >= 15 is 0 Å². The molecule has 1 atom stereocenters. The number of rotatable bonds is 3. The Kier molecular flexibility index (Phi) is 6.84. The van der Waals surface area contributed by atoms with Crippen LogP contribution in [0.5, 0.6) is 0 Å². The van der Waals surface area contributed by atoms with Crippen LogP contribution in [0, 0.1) is 0 Å². The van der Waals surface area contributed by atoms with Gasteiger partial charge in [0.2, 0.25) is 0 Å². The van der Waals surface area contributed by atoms with Gasteiger partial charge in [0.1, 0.15) is 0 Å². The van der Waals surface area contributed by atoms with E-state index < -0.39 is 11.1 Å². The topological polar surface area (TPSA) is 66.4 Å². The van der Waals surface area contributed by atoms with Crippen molar-refractivity contribution in [3.8, 4) is 0 Å². The second-order valence-electron chi connectivity index (χ2n) is 2.21. The van der Waals surface area contributed by atoms with Gasteiger partial charge in [-0.05, 0) is 23.2 Å². The number of thiophene rings is 1. The van der Waals surface area contributed by atoms with Gasteiger partial charge in [0.25, 0.3) is 0 Å². The van der Waals surface area contributed by atoms with E-state index in [-0.39, 0.29) is 46.2 Å². The van der Waals surface area contributed by atoms with E-state index in [1.165, 1.54) is 13.2 Å². The van der Waals surface area contributed by atoms with E-state index in [1.807, 2.05) is 0 Å². The summed E-state index contributed by atoms with van der Waals surface area (Å²) in [4.78, 5) is 11.5. The third-order valence-electron chi connectivity index (χ3n) is 1.35. The number of ether oxygens (including phenoxy) is 1. The molecule has 0 radical (unpaired) electrons. The second kappa shape index (κ2) is 6.71. The number of hydrogen-bond donors (Lipinski definition) is 0. The Morgan fingerprint density at radius 2 is 2.29 bits per heavy atom. The molecule has 1 rings (SSSR count). The number of methoxy groups -OCH3 is 1. The zero-order valence-corrected chi connectivity index (χ0v) is 11.4. The van der Waals surface area contributed by atoms with E-state index in [9.17, 15) is 13.6 Å². The molecule has 1 unspecified atom stereocenters. The van der Waals surface area contributed by atoms with E-state index in [2.05, 4.69) is 4.74 Å². The first-order valence-corrected chi connectivity index (χ1v) is 5.27. The van der Waals surface area contributed by atoms with Crippen molar-refractivity contribution in [1.29, 1.82) is 0 Å². The van der Waals surface area contributed by atoms with Crippen LogP contribution in [0.1, 0.15) is 4.88 Å². The van der Waals surface area contributed by atoms with Crippen LogP contribution < -0.4 is 29.6 Å². The average molecular weight is 242 g/mol. The number of hydrogen-bond acceptors (Lipinski definition) is 5. The maximum Gasteiger partial charge on any atom is 1.00 e. The third-order valence-corrected chi connectivity index (χ3v) is 3.35. The van der Waals surface area contributed by atoms with Gasteiger partial charge in [-0.25, -0.2) is 0 Å². The van der Waals surface area contributed by atoms with Gasteiger partial charge in [-0.15, -0.1) is 11.3 Å². The summed E-state index contributed by atoms with van der Waals surface area (Å²) in [6.45, 7) is 0. The van der Waals surface area contributed by atoms with Crippen molar-refractivity contribution in [2.75, 3.05) is 7.11 Å². The Labute approximate surface area is 110 Å². The summed E-state index contributed by atoms with van der Waals surface area (Å²) in [6.07, 6.45) is 0.123. The third kappa shape index (κ3) is 4.20. The maximum absolute atomic E-state index is 10.8. The van der Waals surface area contributed by atoms with Gasteiger partial charge in [-0.2, -0.15) is 0 Å². The van der Waals surface area contributed by atoms with Crippen molar-refractivity contribution < 1.29 is 47.9 Å². The molecule has 1 aromatic heterocycles. The fourth-order valence-electron chi connectivity index (χ4n) is 0.757. The van der Waals surface area contributed by atoms with Gasteiger partial charge in [0.05, 0.1) is 17.7 Å². The van der Waals surface area contributed by atoms with E-state index in [0.717, 1.165) is 11.3 Å². The molecule has 4 nitrogen and oxygen atoms in total. The first-order valence-electron chi connectivity index (χ1n) is 3.38. The summed E-state index contributed by atoms with van der Waals surface area (Å²) >= 11 is -1.14. The van der Waals surface area contributed by atoms with E-state index in [0.29, 0.717) is 4.88 Å². The SMILES string of the molecule is COC(=O)Cc1ccc(S(=O)[O-])s1.[Na+]. The van der Waals surface area contributed by atoms with Crippen LogP contribution in [0.2, 0.25) is 0 Å². The van der Waals surface area contributed by atoms with Crippen LogP contribution in [0.3, 0.4) is 0 Å². The monoisotopic (exact) mass is 242 g/mol. The van der Waals surface area contributed by atoms with Gasteiger partial charge in [-0.3, -0.25) is 9.00 Å². The van der Waals surface area contributed by atoms with Crippen LogP contribution in [0.25, 0.3) is 0 Å². The fourth-order valence-corrected chi connectivity index (χ4v) is 2.25. The molecule has 0 spiro atoms. The van der Waals surface area contributed by atoms with Crippen molar-refractivity contribution in [3.05, 3.63) is 17.0 Å².